The molecule has 0 radical (unpaired) electrons. The maximum Gasteiger partial charge on any atom is 0.319 e. The minimum atomic E-state index is -0.314. The fraction of sp³-hybridized carbons (Fsp3) is 0.545. The number of carbonyl (C=O) groups is 1. The van der Waals surface area contributed by atoms with Crippen molar-refractivity contribution in [3.8, 4) is 5.88 Å². The zero-order valence-electron chi connectivity index (χ0n) is 12.8. The number of methoxy groups -OCH3 is 1. The molecule has 0 aliphatic heterocycles. The smallest absolute Gasteiger partial charge is 0.319 e. The molecule has 2 N–H and O–H groups in total. The fourth-order valence-electron chi connectivity index (χ4n) is 1.67. The SMILES string of the molecule is COc1nn(C)c(C)c1NC(=O)NCCSc1nnnn1C. The molecule has 2 amide bonds. The number of nitrogens with one attached hydrogen (secondary N) is 2. The zero-order chi connectivity index (χ0) is 16.1. The van der Waals surface area contributed by atoms with Crippen molar-refractivity contribution >= 4 is 23.5 Å². The summed E-state index contributed by atoms with van der Waals surface area (Å²) in [5, 5.41) is 21.5. The van der Waals surface area contributed by atoms with Gasteiger partial charge in [0, 0.05) is 26.4 Å². The van der Waals surface area contributed by atoms with Crippen molar-refractivity contribution in [3.63, 3.8) is 0 Å². The van der Waals surface area contributed by atoms with Crippen LogP contribution in [0.2, 0.25) is 0 Å². The molecule has 0 aliphatic carbocycles. The number of rotatable bonds is 6. The molecule has 0 fully saturated rings. The first-order valence-electron chi connectivity index (χ1n) is 6.50. The van der Waals surface area contributed by atoms with Gasteiger partial charge in [-0.25, -0.2) is 9.48 Å². The van der Waals surface area contributed by atoms with Crippen molar-refractivity contribution in [2.75, 3.05) is 24.7 Å². The Morgan fingerprint density at radius 2 is 2.14 bits per heavy atom. The number of tetrazole rings is 1. The summed E-state index contributed by atoms with van der Waals surface area (Å²) in [5.74, 6) is 1.04. The van der Waals surface area contributed by atoms with Crippen LogP contribution >= 0.6 is 11.8 Å². The number of urea groups is 1. The van der Waals surface area contributed by atoms with E-state index in [4.69, 9.17) is 4.74 Å². The molecule has 2 aromatic heterocycles. The lowest BCUT2D eigenvalue weighted by Gasteiger charge is -2.07. The van der Waals surface area contributed by atoms with Crippen LogP contribution in [-0.2, 0) is 14.1 Å². The predicted molar refractivity (Wildman–Crippen MR) is 81.0 cm³/mol. The van der Waals surface area contributed by atoms with Gasteiger partial charge in [-0.05, 0) is 17.4 Å². The summed E-state index contributed by atoms with van der Waals surface area (Å²) < 4.78 is 8.35. The second-order valence-electron chi connectivity index (χ2n) is 4.41. The average molecular weight is 326 g/mol. The van der Waals surface area contributed by atoms with E-state index in [0.717, 1.165) is 5.69 Å². The molecule has 0 aromatic carbocycles. The van der Waals surface area contributed by atoms with Gasteiger partial charge in [-0.15, -0.1) is 10.2 Å². The van der Waals surface area contributed by atoms with E-state index in [9.17, 15) is 4.79 Å². The van der Waals surface area contributed by atoms with E-state index in [1.807, 2.05) is 6.92 Å². The van der Waals surface area contributed by atoms with Crippen LogP contribution in [0.3, 0.4) is 0 Å². The van der Waals surface area contributed by atoms with Crippen LogP contribution in [0.5, 0.6) is 5.88 Å². The molecule has 10 nitrogen and oxygen atoms in total. The van der Waals surface area contributed by atoms with Crippen LogP contribution in [0, 0.1) is 6.92 Å². The minimum Gasteiger partial charge on any atom is -0.478 e. The first-order valence-corrected chi connectivity index (χ1v) is 7.49. The van der Waals surface area contributed by atoms with E-state index in [1.54, 1.807) is 23.5 Å². The highest BCUT2D eigenvalue weighted by atomic mass is 32.2. The van der Waals surface area contributed by atoms with Gasteiger partial charge in [0.1, 0.15) is 5.69 Å². The summed E-state index contributed by atoms with van der Waals surface area (Å²) in [5.41, 5.74) is 1.37. The Hall–Kier alpha value is -2.30. The van der Waals surface area contributed by atoms with Crippen LogP contribution in [0.15, 0.2) is 5.16 Å². The number of hydrogen-bond donors (Lipinski definition) is 2. The summed E-state index contributed by atoms with van der Waals surface area (Å²) in [7, 11) is 5.06. The third kappa shape index (κ3) is 3.67. The summed E-state index contributed by atoms with van der Waals surface area (Å²) in [6.45, 7) is 2.33. The number of anilines is 1. The van der Waals surface area contributed by atoms with Crippen molar-refractivity contribution in [3.05, 3.63) is 5.69 Å². The highest BCUT2D eigenvalue weighted by Gasteiger charge is 2.15. The molecule has 0 saturated heterocycles. The number of thioether (sulfide) groups is 1. The van der Waals surface area contributed by atoms with E-state index in [-0.39, 0.29) is 6.03 Å². The predicted octanol–water partition coefficient (Wildman–Crippen LogP) is 0.174. The Kier molecular flexibility index (Phi) is 5.20. The Labute approximate surface area is 131 Å². The molecule has 0 bridgehead atoms. The Morgan fingerprint density at radius 3 is 2.77 bits per heavy atom. The second kappa shape index (κ2) is 7.11. The molecular formula is C11H18N8O2S. The van der Waals surface area contributed by atoms with Gasteiger partial charge in [-0.1, -0.05) is 11.8 Å². The van der Waals surface area contributed by atoms with E-state index in [0.29, 0.717) is 29.0 Å². The standard InChI is InChI=1S/C11H18N8O2S/c1-7-8(9(21-4)15-18(7)2)13-10(20)12-5-6-22-11-14-16-17-19(11)3/h5-6H2,1-4H3,(H2,12,13,20). The highest BCUT2D eigenvalue weighted by molar-refractivity contribution is 7.99. The monoisotopic (exact) mass is 326 g/mol. The number of carbonyl (C=O) groups excluding carboxylic acids is 1. The molecule has 0 saturated carbocycles. The molecule has 0 atom stereocenters. The van der Waals surface area contributed by atoms with E-state index in [1.165, 1.54) is 18.9 Å². The van der Waals surface area contributed by atoms with Crippen LogP contribution in [0.4, 0.5) is 10.5 Å². The lowest BCUT2D eigenvalue weighted by atomic mass is 10.4. The topological polar surface area (TPSA) is 112 Å². The van der Waals surface area contributed by atoms with Gasteiger partial charge in [0.05, 0.1) is 12.8 Å². The number of amides is 2. The molecule has 2 rings (SSSR count). The first kappa shape index (κ1) is 16.1. The number of aromatic nitrogens is 6. The molecule has 0 spiro atoms. The minimum absolute atomic E-state index is 0.314. The van der Waals surface area contributed by atoms with Gasteiger partial charge in [0.25, 0.3) is 5.88 Å². The lowest BCUT2D eigenvalue weighted by Crippen LogP contribution is -2.30. The Balaban J connectivity index is 1.80. The fourth-order valence-corrected chi connectivity index (χ4v) is 2.38. The van der Waals surface area contributed by atoms with Crippen molar-refractivity contribution in [1.29, 1.82) is 0 Å². The largest absolute Gasteiger partial charge is 0.478 e. The van der Waals surface area contributed by atoms with E-state index in [2.05, 4.69) is 31.3 Å². The summed E-state index contributed by atoms with van der Waals surface area (Å²) in [4.78, 5) is 11.9. The Morgan fingerprint density at radius 1 is 1.36 bits per heavy atom. The summed E-state index contributed by atoms with van der Waals surface area (Å²) in [6.07, 6.45) is 0. The molecule has 2 aromatic rings. The molecule has 11 heteroatoms. The molecular weight excluding hydrogens is 308 g/mol. The lowest BCUT2D eigenvalue weighted by molar-refractivity contribution is 0.252. The van der Waals surface area contributed by atoms with Crippen LogP contribution in [0.25, 0.3) is 0 Å². The number of ether oxygens (including phenoxy) is 1. The van der Waals surface area contributed by atoms with Gasteiger partial charge < -0.3 is 15.4 Å². The first-order chi connectivity index (χ1) is 10.5. The third-order valence-corrected chi connectivity index (χ3v) is 3.95. The van der Waals surface area contributed by atoms with Gasteiger partial charge in [-0.2, -0.15) is 0 Å². The van der Waals surface area contributed by atoms with Gasteiger partial charge >= 0.3 is 6.03 Å². The number of hydrogen-bond acceptors (Lipinski definition) is 7. The van der Waals surface area contributed by atoms with Crippen LogP contribution in [-0.4, -0.2) is 55.4 Å². The summed E-state index contributed by atoms with van der Waals surface area (Å²) in [6, 6.07) is -0.314. The number of aryl methyl sites for hydroxylation is 2. The van der Waals surface area contributed by atoms with Crippen molar-refractivity contribution in [2.45, 2.75) is 12.1 Å². The van der Waals surface area contributed by atoms with E-state index < -0.39 is 0 Å². The second-order valence-corrected chi connectivity index (χ2v) is 5.47. The van der Waals surface area contributed by atoms with Crippen LogP contribution in [0.1, 0.15) is 5.69 Å². The van der Waals surface area contributed by atoms with Gasteiger partial charge in [-0.3, -0.25) is 4.68 Å². The maximum absolute atomic E-state index is 11.9. The van der Waals surface area contributed by atoms with Crippen LogP contribution < -0.4 is 15.4 Å². The zero-order valence-corrected chi connectivity index (χ0v) is 13.6. The van der Waals surface area contributed by atoms with Crippen molar-refractivity contribution < 1.29 is 9.53 Å². The third-order valence-electron chi connectivity index (χ3n) is 2.93. The van der Waals surface area contributed by atoms with E-state index >= 15 is 0 Å². The average Bonchev–Trinajstić information content (AvgIpc) is 3.02. The molecule has 0 unspecified atom stereocenters. The molecule has 22 heavy (non-hydrogen) atoms. The van der Waals surface area contributed by atoms with Crippen molar-refractivity contribution in [1.82, 2.24) is 35.3 Å². The number of nitrogens with zero attached hydrogens (tertiary/aromatic N) is 6. The van der Waals surface area contributed by atoms with Gasteiger partial charge in [0.2, 0.25) is 5.16 Å². The van der Waals surface area contributed by atoms with Gasteiger partial charge in [0.15, 0.2) is 0 Å². The molecule has 120 valence electrons. The van der Waals surface area contributed by atoms with Crippen molar-refractivity contribution in [2.24, 2.45) is 14.1 Å². The molecule has 2 heterocycles. The quantitative estimate of drug-likeness (QED) is 0.575. The summed E-state index contributed by atoms with van der Waals surface area (Å²) >= 11 is 1.46. The maximum atomic E-state index is 11.9. The molecule has 0 aliphatic rings. The highest BCUT2D eigenvalue weighted by Crippen LogP contribution is 2.25. The normalized spacial score (nSPS) is 10.5. The Bertz CT molecular complexity index is 653.